The summed E-state index contributed by atoms with van der Waals surface area (Å²) in [6, 6.07) is 16.1. The molecule has 1 aromatic heterocycles. The molecule has 2 aliphatic heterocycles. The lowest BCUT2D eigenvalue weighted by molar-refractivity contribution is -0.117. The van der Waals surface area contributed by atoms with Crippen molar-refractivity contribution in [2.45, 2.75) is 38.1 Å². The molecule has 1 N–H and O–H groups in total. The van der Waals surface area contributed by atoms with Crippen molar-refractivity contribution >= 4 is 44.7 Å². The lowest BCUT2D eigenvalue weighted by Crippen LogP contribution is -2.27. The van der Waals surface area contributed by atoms with Gasteiger partial charge in [0.05, 0.1) is 16.3 Å². The van der Waals surface area contributed by atoms with Crippen LogP contribution in [0.15, 0.2) is 48.5 Å². The van der Waals surface area contributed by atoms with Crippen LogP contribution in [-0.2, 0) is 9.59 Å². The van der Waals surface area contributed by atoms with Gasteiger partial charge >= 0.3 is 0 Å². The van der Waals surface area contributed by atoms with Crippen LogP contribution in [0.1, 0.15) is 43.2 Å². The molecule has 0 spiro atoms. The van der Waals surface area contributed by atoms with Gasteiger partial charge in [0, 0.05) is 37.3 Å². The topological polar surface area (TPSA) is 65.5 Å². The van der Waals surface area contributed by atoms with Gasteiger partial charge in [-0.05, 0) is 62.2 Å². The highest BCUT2D eigenvalue weighted by Gasteiger charge is 2.28. The number of aromatic nitrogens is 1. The Morgan fingerprint density at radius 3 is 2.71 bits per heavy atom. The van der Waals surface area contributed by atoms with Gasteiger partial charge in [0.25, 0.3) is 0 Å². The van der Waals surface area contributed by atoms with E-state index >= 15 is 0 Å². The number of amides is 2. The standard InChI is InChI=1S/C24H26N4O2S/c29-22(25-17-9-11-18(12-10-17)28-15-4-8-23(28)30)13-16-27-14-3-6-20(27)24-26-19-5-1-2-7-21(19)31-24/h1-2,5,7,9-12,20H,3-4,6,8,13-16H2,(H,25,29)/t20-/m1/s1. The predicted octanol–water partition coefficient (Wildman–Crippen LogP) is 4.59. The Hall–Kier alpha value is -2.77. The maximum absolute atomic E-state index is 12.5. The minimum Gasteiger partial charge on any atom is -0.326 e. The number of nitrogens with zero attached hydrogens (tertiary/aromatic N) is 3. The van der Waals surface area contributed by atoms with Crippen LogP contribution in [-0.4, -0.2) is 41.3 Å². The average Bonchev–Trinajstić information content (AvgIpc) is 3.51. The lowest BCUT2D eigenvalue weighted by atomic mass is 10.2. The monoisotopic (exact) mass is 434 g/mol. The summed E-state index contributed by atoms with van der Waals surface area (Å²) in [6.07, 6.45) is 4.21. The molecule has 2 saturated heterocycles. The zero-order valence-corrected chi connectivity index (χ0v) is 18.2. The fraction of sp³-hybridized carbons (Fsp3) is 0.375. The Balaban J connectivity index is 1.17. The molecule has 2 aliphatic rings. The van der Waals surface area contributed by atoms with E-state index in [9.17, 15) is 9.59 Å². The lowest BCUT2D eigenvalue weighted by Gasteiger charge is -2.22. The van der Waals surface area contributed by atoms with Gasteiger partial charge in [-0.15, -0.1) is 11.3 Å². The summed E-state index contributed by atoms with van der Waals surface area (Å²) in [6.45, 7) is 2.51. The molecule has 1 atom stereocenters. The van der Waals surface area contributed by atoms with Gasteiger partial charge in [0.15, 0.2) is 0 Å². The van der Waals surface area contributed by atoms with E-state index < -0.39 is 0 Å². The Kier molecular flexibility index (Phi) is 5.70. The van der Waals surface area contributed by atoms with E-state index in [1.165, 1.54) is 4.70 Å². The first-order chi connectivity index (χ1) is 15.2. The van der Waals surface area contributed by atoms with Crippen molar-refractivity contribution in [3.05, 3.63) is 53.5 Å². The summed E-state index contributed by atoms with van der Waals surface area (Å²) in [7, 11) is 0. The van der Waals surface area contributed by atoms with Crippen molar-refractivity contribution in [2.24, 2.45) is 0 Å². The number of thiazole rings is 1. The molecule has 0 saturated carbocycles. The molecule has 7 heteroatoms. The van der Waals surface area contributed by atoms with Crippen LogP contribution in [0.3, 0.4) is 0 Å². The fourth-order valence-corrected chi connectivity index (χ4v) is 5.66. The van der Waals surface area contributed by atoms with Gasteiger partial charge in [0.1, 0.15) is 5.01 Å². The highest BCUT2D eigenvalue weighted by atomic mass is 32.1. The number of hydrogen-bond acceptors (Lipinski definition) is 5. The van der Waals surface area contributed by atoms with Crippen LogP contribution in [0, 0.1) is 0 Å². The number of nitrogens with one attached hydrogen (secondary N) is 1. The Bertz CT molecular complexity index is 1060. The van der Waals surface area contributed by atoms with Crippen molar-refractivity contribution < 1.29 is 9.59 Å². The maximum Gasteiger partial charge on any atom is 0.227 e. The molecule has 0 aliphatic carbocycles. The summed E-state index contributed by atoms with van der Waals surface area (Å²) < 4.78 is 1.22. The molecule has 160 valence electrons. The Morgan fingerprint density at radius 1 is 1.10 bits per heavy atom. The zero-order valence-electron chi connectivity index (χ0n) is 17.4. The Labute approximate surface area is 185 Å². The Morgan fingerprint density at radius 2 is 1.94 bits per heavy atom. The third-order valence-corrected chi connectivity index (χ3v) is 7.26. The van der Waals surface area contributed by atoms with E-state index in [-0.39, 0.29) is 11.8 Å². The summed E-state index contributed by atoms with van der Waals surface area (Å²) in [5.74, 6) is 0.185. The van der Waals surface area contributed by atoms with Crippen molar-refractivity contribution in [3.63, 3.8) is 0 Å². The van der Waals surface area contributed by atoms with Gasteiger partial charge in [-0.25, -0.2) is 4.98 Å². The van der Waals surface area contributed by atoms with Crippen LogP contribution < -0.4 is 10.2 Å². The maximum atomic E-state index is 12.5. The predicted molar refractivity (Wildman–Crippen MR) is 124 cm³/mol. The second-order valence-corrected chi connectivity index (χ2v) is 9.27. The van der Waals surface area contributed by atoms with E-state index in [2.05, 4.69) is 28.4 Å². The number of anilines is 2. The number of para-hydroxylation sites is 1. The van der Waals surface area contributed by atoms with Gasteiger partial charge in [-0.3, -0.25) is 14.5 Å². The molecule has 2 amide bonds. The molecule has 3 heterocycles. The number of carbonyl (C=O) groups is 2. The molecule has 2 fully saturated rings. The first kappa shape index (κ1) is 20.2. The zero-order chi connectivity index (χ0) is 21.2. The largest absolute Gasteiger partial charge is 0.326 e. The molecule has 0 unspecified atom stereocenters. The molecular weight excluding hydrogens is 408 g/mol. The summed E-state index contributed by atoms with van der Waals surface area (Å²) >= 11 is 1.77. The quantitative estimate of drug-likeness (QED) is 0.616. The van der Waals surface area contributed by atoms with Crippen LogP contribution in [0.5, 0.6) is 0 Å². The van der Waals surface area contributed by atoms with Gasteiger partial charge in [0.2, 0.25) is 11.8 Å². The number of carbonyl (C=O) groups excluding carboxylic acids is 2. The molecule has 3 aromatic rings. The van der Waals surface area contributed by atoms with Crippen molar-refractivity contribution in [1.82, 2.24) is 9.88 Å². The summed E-state index contributed by atoms with van der Waals surface area (Å²) in [5, 5.41) is 4.15. The highest BCUT2D eigenvalue weighted by Crippen LogP contribution is 2.36. The minimum absolute atomic E-state index is 0.0138. The van der Waals surface area contributed by atoms with Crippen molar-refractivity contribution in [2.75, 3.05) is 29.9 Å². The normalized spacial score (nSPS) is 19.4. The SMILES string of the molecule is O=C(CCN1CCC[C@@H]1c1nc2ccccc2s1)Nc1ccc(N2CCCC2=O)cc1. The van der Waals surface area contributed by atoms with E-state index in [1.807, 2.05) is 30.3 Å². The molecule has 0 bridgehead atoms. The van der Waals surface area contributed by atoms with Crippen molar-refractivity contribution in [3.8, 4) is 0 Å². The molecule has 2 aromatic carbocycles. The van der Waals surface area contributed by atoms with Crippen molar-refractivity contribution in [1.29, 1.82) is 0 Å². The third kappa shape index (κ3) is 4.34. The van der Waals surface area contributed by atoms with Crippen LogP contribution in [0.25, 0.3) is 10.2 Å². The van der Waals surface area contributed by atoms with Gasteiger partial charge < -0.3 is 10.2 Å². The molecule has 6 nitrogen and oxygen atoms in total. The molecule has 31 heavy (non-hydrogen) atoms. The first-order valence-electron chi connectivity index (χ1n) is 11.0. The second-order valence-electron chi connectivity index (χ2n) is 8.21. The number of fused-ring (bicyclic) bond motifs is 1. The van der Waals surface area contributed by atoms with Crippen LogP contribution in [0.2, 0.25) is 0 Å². The number of likely N-dealkylation sites (tertiary alicyclic amines) is 1. The van der Waals surface area contributed by atoms with Crippen LogP contribution in [0.4, 0.5) is 11.4 Å². The highest BCUT2D eigenvalue weighted by molar-refractivity contribution is 7.18. The van der Waals surface area contributed by atoms with E-state index in [1.54, 1.807) is 16.2 Å². The second kappa shape index (κ2) is 8.77. The minimum atomic E-state index is 0.0138. The molecule has 5 rings (SSSR count). The van der Waals surface area contributed by atoms with Crippen LogP contribution >= 0.6 is 11.3 Å². The first-order valence-corrected chi connectivity index (χ1v) is 11.8. The van der Waals surface area contributed by atoms with E-state index in [4.69, 9.17) is 4.98 Å². The fourth-order valence-electron chi connectivity index (χ4n) is 4.52. The summed E-state index contributed by atoms with van der Waals surface area (Å²) in [4.78, 5) is 33.4. The van der Waals surface area contributed by atoms with E-state index in [0.717, 1.165) is 60.8 Å². The molecular formula is C24H26N4O2S. The van der Waals surface area contributed by atoms with E-state index in [0.29, 0.717) is 18.9 Å². The average molecular weight is 435 g/mol. The van der Waals surface area contributed by atoms with Gasteiger partial charge in [-0.1, -0.05) is 12.1 Å². The number of hydrogen-bond donors (Lipinski definition) is 1. The third-order valence-electron chi connectivity index (χ3n) is 6.12. The molecule has 0 radical (unpaired) electrons. The smallest absolute Gasteiger partial charge is 0.227 e. The number of rotatable bonds is 6. The number of benzene rings is 2. The summed E-state index contributed by atoms with van der Waals surface area (Å²) in [5.41, 5.74) is 2.73. The van der Waals surface area contributed by atoms with Gasteiger partial charge in [-0.2, -0.15) is 0 Å².